The van der Waals surface area contributed by atoms with Crippen molar-refractivity contribution in [2.24, 2.45) is 0 Å². The number of nitrogens with zero attached hydrogens (tertiary/aromatic N) is 3. The minimum absolute atomic E-state index is 0.129. The fraction of sp³-hybridized carbons (Fsp3) is 0.263. The van der Waals surface area contributed by atoms with Gasteiger partial charge in [0.1, 0.15) is 5.82 Å². The third-order valence-corrected chi connectivity index (χ3v) is 4.98. The van der Waals surface area contributed by atoms with E-state index in [2.05, 4.69) is 17.1 Å². The van der Waals surface area contributed by atoms with Crippen LogP contribution in [-0.4, -0.2) is 16.0 Å². The lowest BCUT2D eigenvalue weighted by molar-refractivity contribution is 0.116. The summed E-state index contributed by atoms with van der Waals surface area (Å²) in [5, 5.41) is 6.81. The molecule has 142 valence electrons. The molecule has 0 atom stereocenters. The summed E-state index contributed by atoms with van der Waals surface area (Å²) in [7, 11) is 0. The van der Waals surface area contributed by atoms with Crippen molar-refractivity contribution in [2.45, 2.75) is 26.3 Å². The fourth-order valence-electron chi connectivity index (χ4n) is 2.41. The van der Waals surface area contributed by atoms with Crippen LogP contribution < -0.4 is 4.31 Å². The van der Waals surface area contributed by atoms with E-state index >= 15 is 0 Å². The summed E-state index contributed by atoms with van der Waals surface area (Å²) < 4.78 is 46.7. The summed E-state index contributed by atoms with van der Waals surface area (Å²) in [6.45, 7) is 2.45. The molecule has 0 aliphatic heterocycles. The fourth-order valence-corrected chi connectivity index (χ4v) is 3.31. The van der Waals surface area contributed by atoms with Gasteiger partial charge in [0, 0.05) is 22.6 Å². The Morgan fingerprint density at radius 2 is 1.89 bits per heavy atom. The summed E-state index contributed by atoms with van der Waals surface area (Å²) in [4.78, 5) is 0. The molecule has 8 heteroatoms. The van der Waals surface area contributed by atoms with Crippen molar-refractivity contribution in [3.8, 4) is 11.5 Å². The predicted octanol–water partition coefficient (Wildman–Crippen LogP) is 5.88. The zero-order chi connectivity index (χ0) is 19.2. The zero-order valence-electron chi connectivity index (χ0n) is 14.6. The SMILES string of the molecule is CCCSN(Cc1ccc(-c2nnc(C(F)F)o2)cc1F)c1ccccc1. The minimum atomic E-state index is -2.86. The second kappa shape index (κ2) is 8.94. The van der Waals surface area contributed by atoms with Crippen LogP contribution in [0.3, 0.4) is 0 Å². The molecular formula is C19H18F3N3OS. The average Bonchev–Trinajstić information content (AvgIpc) is 3.17. The van der Waals surface area contributed by atoms with Crippen molar-refractivity contribution in [1.82, 2.24) is 10.2 Å². The molecule has 0 radical (unpaired) electrons. The summed E-state index contributed by atoms with van der Waals surface area (Å²) in [6.07, 6.45) is -1.86. The first-order valence-corrected chi connectivity index (χ1v) is 9.38. The molecule has 0 bridgehead atoms. The van der Waals surface area contributed by atoms with Crippen LogP contribution in [0.2, 0.25) is 0 Å². The molecule has 0 aliphatic rings. The number of rotatable bonds is 8. The quantitative estimate of drug-likeness (QED) is 0.447. The smallest absolute Gasteiger partial charge is 0.314 e. The van der Waals surface area contributed by atoms with Crippen LogP contribution in [0.25, 0.3) is 11.5 Å². The lowest BCUT2D eigenvalue weighted by Crippen LogP contribution is -2.15. The van der Waals surface area contributed by atoms with E-state index in [-0.39, 0.29) is 11.5 Å². The van der Waals surface area contributed by atoms with Crippen molar-refractivity contribution in [3.63, 3.8) is 0 Å². The lowest BCUT2D eigenvalue weighted by atomic mass is 10.1. The molecule has 0 spiro atoms. The van der Waals surface area contributed by atoms with Crippen LogP contribution in [-0.2, 0) is 6.54 Å². The molecule has 0 amide bonds. The van der Waals surface area contributed by atoms with E-state index < -0.39 is 18.1 Å². The molecular weight excluding hydrogens is 375 g/mol. The van der Waals surface area contributed by atoms with E-state index in [0.717, 1.165) is 17.9 Å². The van der Waals surface area contributed by atoms with Gasteiger partial charge >= 0.3 is 6.43 Å². The Hall–Kier alpha value is -2.48. The second-order valence-electron chi connectivity index (χ2n) is 5.76. The van der Waals surface area contributed by atoms with Crippen LogP contribution >= 0.6 is 11.9 Å². The van der Waals surface area contributed by atoms with Gasteiger partial charge in [0.15, 0.2) is 0 Å². The van der Waals surface area contributed by atoms with Gasteiger partial charge in [0.05, 0.1) is 6.54 Å². The lowest BCUT2D eigenvalue weighted by Gasteiger charge is -2.23. The van der Waals surface area contributed by atoms with Gasteiger partial charge in [-0.1, -0.05) is 31.2 Å². The van der Waals surface area contributed by atoms with Crippen molar-refractivity contribution in [1.29, 1.82) is 0 Å². The van der Waals surface area contributed by atoms with Crippen molar-refractivity contribution < 1.29 is 17.6 Å². The number of alkyl halides is 2. The summed E-state index contributed by atoms with van der Waals surface area (Å²) in [5.74, 6) is -0.452. The summed E-state index contributed by atoms with van der Waals surface area (Å²) in [6, 6.07) is 14.2. The molecule has 4 nitrogen and oxygen atoms in total. The molecule has 2 aromatic carbocycles. The molecule has 0 saturated carbocycles. The van der Waals surface area contributed by atoms with E-state index in [0.29, 0.717) is 12.1 Å². The molecule has 3 aromatic rings. The van der Waals surface area contributed by atoms with Gasteiger partial charge in [0.25, 0.3) is 5.89 Å². The Morgan fingerprint density at radius 3 is 2.52 bits per heavy atom. The zero-order valence-corrected chi connectivity index (χ0v) is 15.4. The van der Waals surface area contributed by atoms with Crippen LogP contribution in [0.15, 0.2) is 52.9 Å². The first kappa shape index (κ1) is 19.3. The highest BCUT2D eigenvalue weighted by atomic mass is 32.2. The number of anilines is 1. The van der Waals surface area contributed by atoms with Crippen LogP contribution in [0.5, 0.6) is 0 Å². The van der Waals surface area contributed by atoms with E-state index in [1.54, 1.807) is 24.1 Å². The maximum absolute atomic E-state index is 14.6. The molecule has 27 heavy (non-hydrogen) atoms. The van der Waals surface area contributed by atoms with Crippen LogP contribution in [0.4, 0.5) is 18.9 Å². The van der Waals surface area contributed by atoms with Gasteiger partial charge in [-0.3, -0.25) is 0 Å². The monoisotopic (exact) mass is 393 g/mol. The van der Waals surface area contributed by atoms with Gasteiger partial charge in [-0.05, 0) is 42.6 Å². The summed E-state index contributed by atoms with van der Waals surface area (Å²) >= 11 is 1.63. The van der Waals surface area contributed by atoms with Crippen molar-refractivity contribution in [2.75, 3.05) is 10.1 Å². The molecule has 3 rings (SSSR count). The minimum Gasteiger partial charge on any atom is -0.415 e. The highest BCUT2D eigenvalue weighted by Gasteiger charge is 2.18. The predicted molar refractivity (Wildman–Crippen MR) is 100 cm³/mol. The third-order valence-electron chi connectivity index (χ3n) is 3.74. The number of halogens is 3. The highest BCUT2D eigenvalue weighted by Crippen LogP contribution is 2.28. The third kappa shape index (κ3) is 4.82. The maximum atomic E-state index is 14.6. The number of benzene rings is 2. The van der Waals surface area contributed by atoms with Gasteiger partial charge in [-0.25, -0.2) is 4.39 Å². The topological polar surface area (TPSA) is 42.2 Å². The average molecular weight is 393 g/mol. The Balaban J connectivity index is 1.81. The molecule has 0 N–H and O–H groups in total. The van der Waals surface area contributed by atoms with Crippen LogP contribution in [0, 0.1) is 5.82 Å². The molecule has 1 aromatic heterocycles. The largest absolute Gasteiger partial charge is 0.415 e. The van der Waals surface area contributed by atoms with E-state index in [4.69, 9.17) is 4.42 Å². The van der Waals surface area contributed by atoms with E-state index in [1.165, 1.54) is 6.07 Å². The van der Waals surface area contributed by atoms with Gasteiger partial charge in [-0.2, -0.15) is 8.78 Å². The number of hydrogen-bond acceptors (Lipinski definition) is 5. The normalized spacial score (nSPS) is 11.1. The van der Waals surface area contributed by atoms with Gasteiger partial charge in [0.2, 0.25) is 5.89 Å². The number of hydrogen-bond donors (Lipinski definition) is 0. The molecule has 0 aliphatic carbocycles. The molecule has 0 saturated heterocycles. The van der Waals surface area contributed by atoms with Crippen molar-refractivity contribution >= 4 is 17.6 Å². The van der Waals surface area contributed by atoms with Gasteiger partial charge in [-0.15, -0.1) is 10.2 Å². The maximum Gasteiger partial charge on any atom is 0.314 e. The Morgan fingerprint density at radius 1 is 1.11 bits per heavy atom. The first-order valence-electron chi connectivity index (χ1n) is 8.44. The second-order valence-corrected chi connectivity index (χ2v) is 6.86. The molecule has 0 unspecified atom stereocenters. The Bertz CT molecular complexity index is 874. The summed E-state index contributed by atoms with van der Waals surface area (Å²) in [5.41, 5.74) is 1.74. The molecule has 1 heterocycles. The van der Waals surface area contributed by atoms with Crippen LogP contribution in [0.1, 0.15) is 31.2 Å². The molecule has 0 fully saturated rings. The standard InChI is InChI=1S/C19H18F3N3OS/c1-2-10-27-25(15-6-4-3-5-7-15)12-14-9-8-13(11-16(14)20)18-23-24-19(26-18)17(21)22/h3-9,11,17H,2,10,12H2,1H3. The Labute approximate surface area is 159 Å². The Kier molecular flexibility index (Phi) is 6.39. The van der Waals surface area contributed by atoms with Gasteiger partial charge < -0.3 is 8.72 Å². The van der Waals surface area contributed by atoms with Crippen molar-refractivity contribution in [3.05, 3.63) is 65.8 Å². The van der Waals surface area contributed by atoms with E-state index in [1.807, 2.05) is 34.6 Å². The first-order chi connectivity index (χ1) is 13.1. The number of aromatic nitrogens is 2. The highest BCUT2D eigenvalue weighted by molar-refractivity contribution is 8.00. The number of para-hydroxylation sites is 1. The van der Waals surface area contributed by atoms with E-state index in [9.17, 15) is 13.2 Å².